The zero-order chi connectivity index (χ0) is 20.0. The number of rotatable bonds is 7. The number of ether oxygens (including phenoxy) is 3. The number of alkyl carbamates (subject to hydrolysis) is 2. The molecule has 0 aliphatic heterocycles. The molecule has 2 N–H and O–H groups in total. The molecular formula is C19H36N2O5. The van der Waals surface area contributed by atoms with Gasteiger partial charge in [0, 0.05) is 24.1 Å². The van der Waals surface area contributed by atoms with Crippen LogP contribution in [-0.2, 0) is 14.2 Å². The molecular weight excluding hydrogens is 336 g/mol. The Morgan fingerprint density at radius 3 is 2.31 bits per heavy atom. The van der Waals surface area contributed by atoms with Crippen LogP contribution in [0.5, 0.6) is 0 Å². The van der Waals surface area contributed by atoms with Crippen molar-refractivity contribution >= 4 is 12.2 Å². The average molecular weight is 373 g/mol. The van der Waals surface area contributed by atoms with E-state index in [4.69, 9.17) is 14.2 Å². The topological polar surface area (TPSA) is 85.9 Å². The third-order valence-corrected chi connectivity index (χ3v) is 4.49. The van der Waals surface area contributed by atoms with E-state index in [1.54, 1.807) is 14.0 Å². The van der Waals surface area contributed by atoms with Crippen LogP contribution < -0.4 is 10.6 Å². The molecule has 0 saturated heterocycles. The van der Waals surface area contributed by atoms with Crippen LogP contribution in [0.2, 0.25) is 0 Å². The number of nitrogens with one attached hydrogen (secondary N) is 2. The first kappa shape index (κ1) is 22.5. The van der Waals surface area contributed by atoms with Crippen LogP contribution in [0.1, 0.15) is 60.8 Å². The van der Waals surface area contributed by atoms with Crippen LogP contribution in [0.3, 0.4) is 0 Å². The molecule has 2 atom stereocenters. The largest absolute Gasteiger partial charge is 0.450 e. The van der Waals surface area contributed by atoms with Gasteiger partial charge in [0.1, 0.15) is 6.61 Å². The van der Waals surface area contributed by atoms with Gasteiger partial charge in [-0.3, -0.25) is 0 Å². The van der Waals surface area contributed by atoms with Crippen molar-refractivity contribution in [3.63, 3.8) is 0 Å². The molecule has 0 heterocycles. The molecule has 2 amide bonds. The summed E-state index contributed by atoms with van der Waals surface area (Å²) in [5.74, 6) is 0. The molecule has 7 heteroatoms. The van der Waals surface area contributed by atoms with E-state index in [1.807, 2.05) is 20.8 Å². The number of hydrogen-bond donors (Lipinski definition) is 2. The SMILES string of the molecule is CCOC(=O)NC1(C)CC(NC(=O)OCC(C)(C)COC)CC(C)(C)C1. The predicted octanol–water partition coefficient (Wildman–Crippen LogP) is 3.47. The fourth-order valence-electron chi connectivity index (χ4n) is 4.00. The molecule has 1 fully saturated rings. The Labute approximate surface area is 157 Å². The zero-order valence-corrected chi connectivity index (χ0v) is 17.4. The Hall–Kier alpha value is -1.50. The van der Waals surface area contributed by atoms with Crippen molar-refractivity contribution in [2.24, 2.45) is 10.8 Å². The first-order chi connectivity index (χ1) is 11.9. The maximum absolute atomic E-state index is 12.2. The van der Waals surface area contributed by atoms with Crippen LogP contribution in [-0.4, -0.2) is 50.7 Å². The van der Waals surface area contributed by atoms with Gasteiger partial charge in [-0.05, 0) is 38.5 Å². The first-order valence-electron chi connectivity index (χ1n) is 9.27. The highest BCUT2D eigenvalue weighted by atomic mass is 16.6. The molecule has 152 valence electrons. The van der Waals surface area contributed by atoms with E-state index in [0.717, 1.165) is 12.8 Å². The summed E-state index contributed by atoms with van der Waals surface area (Å²) < 4.78 is 15.5. The Morgan fingerprint density at radius 1 is 1.08 bits per heavy atom. The lowest BCUT2D eigenvalue weighted by Gasteiger charge is -2.46. The van der Waals surface area contributed by atoms with Crippen molar-refractivity contribution in [3.05, 3.63) is 0 Å². The third kappa shape index (κ3) is 7.81. The zero-order valence-electron chi connectivity index (χ0n) is 17.4. The molecule has 1 saturated carbocycles. The van der Waals surface area contributed by atoms with Crippen LogP contribution in [0.25, 0.3) is 0 Å². The number of carbonyl (C=O) groups excluding carboxylic acids is 2. The Morgan fingerprint density at radius 2 is 1.73 bits per heavy atom. The molecule has 2 unspecified atom stereocenters. The monoisotopic (exact) mass is 372 g/mol. The van der Waals surface area contributed by atoms with Gasteiger partial charge >= 0.3 is 12.2 Å². The summed E-state index contributed by atoms with van der Waals surface area (Å²) in [6.07, 6.45) is 1.41. The van der Waals surface area contributed by atoms with E-state index >= 15 is 0 Å². The molecule has 0 spiro atoms. The summed E-state index contributed by atoms with van der Waals surface area (Å²) >= 11 is 0. The van der Waals surface area contributed by atoms with Gasteiger partial charge in [-0.15, -0.1) is 0 Å². The second kappa shape index (κ2) is 8.93. The summed E-state index contributed by atoms with van der Waals surface area (Å²) in [6.45, 7) is 13.1. The van der Waals surface area contributed by atoms with Crippen molar-refractivity contribution in [2.45, 2.75) is 72.4 Å². The molecule has 0 bridgehead atoms. The van der Waals surface area contributed by atoms with Gasteiger partial charge in [-0.1, -0.05) is 27.7 Å². The molecule has 1 aliphatic rings. The van der Waals surface area contributed by atoms with Crippen LogP contribution in [0, 0.1) is 10.8 Å². The fourth-order valence-corrected chi connectivity index (χ4v) is 4.00. The van der Waals surface area contributed by atoms with E-state index in [-0.39, 0.29) is 23.5 Å². The Kier molecular flexibility index (Phi) is 7.74. The maximum atomic E-state index is 12.2. The number of hydrogen-bond acceptors (Lipinski definition) is 5. The van der Waals surface area contributed by atoms with E-state index in [9.17, 15) is 9.59 Å². The molecule has 7 nitrogen and oxygen atoms in total. The van der Waals surface area contributed by atoms with Crippen molar-refractivity contribution < 1.29 is 23.8 Å². The summed E-state index contributed by atoms with van der Waals surface area (Å²) in [5.41, 5.74) is -0.709. The number of carbonyl (C=O) groups is 2. The summed E-state index contributed by atoms with van der Waals surface area (Å²) in [7, 11) is 1.63. The molecule has 0 radical (unpaired) electrons. The van der Waals surface area contributed by atoms with Crippen LogP contribution >= 0.6 is 0 Å². The van der Waals surface area contributed by atoms with Gasteiger partial charge in [-0.2, -0.15) is 0 Å². The summed E-state index contributed by atoms with van der Waals surface area (Å²) in [4.78, 5) is 24.1. The second-order valence-corrected chi connectivity index (χ2v) is 9.17. The third-order valence-electron chi connectivity index (χ3n) is 4.49. The highest BCUT2D eigenvalue weighted by Gasteiger charge is 2.43. The Balaban J connectivity index is 2.65. The maximum Gasteiger partial charge on any atom is 0.407 e. The van der Waals surface area contributed by atoms with Crippen molar-refractivity contribution in [3.8, 4) is 0 Å². The minimum Gasteiger partial charge on any atom is -0.450 e. The summed E-state index contributed by atoms with van der Waals surface area (Å²) in [6, 6.07) is -0.0799. The van der Waals surface area contributed by atoms with E-state index in [1.165, 1.54) is 0 Å². The lowest BCUT2D eigenvalue weighted by Crippen LogP contribution is -2.57. The Bertz CT molecular complexity index is 492. The molecule has 0 aromatic heterocycles. The van der Waals surface area contributed by atoms with Gasteiger partial charge in [0.15, 0.2) is 0 Å². The summed E-state index contributed by atoms with van der Waals surface area (Å²) in [5, 5.41) is 5.91. The standard InChI is InChI=1S/C19H36N2O5/c1-8-25-16(23)21-19(6)10-14(9-17(2,3)11-19)20-15(22)26-13-18(4,5)12-24-7/h14H,8-13H2,1-7H3,(H,20,22)(H,21,23). The molecule has 26 heavy (non-hydrogen) atoms. The average Bonchev–Trinajstić information content (AvgIpc) is 2.42. The van der Waals surface area contributed by atoms with Gasteiger partial charge in [0.2, 0.25) is 0 Å². The minimum atomic E-state index is -0.443. The normalized spacial score (nSPS) is 25.3. The smallest absolute Gasteiger partial charge is 0.407 e. The van der Waals surface area contributed by atoms with Gasteiger partial charge in [0.25, 0.3) is 0 Å². The van der Waals surface area contributed by atoms with E-state index in [2.05, 4.69) is 24.5 Å². The van der Waals surface area contributed by atoms with Crippen molar-refractivity contribution in [2.75, 3.05) is 26.9 Å². The van der Waals surface area contributed by atoms with Crippen molar-refractivity contribution in [1.82, 2.24) is 10.6 Å². The lowest BCUT2D eigenvalue weighted by atomic mass is 9.67. The van der Waals surface area contributed by atoms with Crippen molar-refractivity contribution in [1.29, 1.82) is 0 Å². The van der Waals surface area contributed by atoms with E-state index < -0.39 is 17.7 Å². The fraction of sp³-hybridized carbons (Fsp3) is 0.895. The second-order valence-electron chi connectivity index (χ2n) is 9.17. The van der Waals surface area contributed by atoms with E-state index in [0.29, 0.717) is 19.6 Å². The lowest BCUT2D eigenvalue weighted by molar-refractivity contribution is 0.0355. The molecule has 1 aliphatic carbocycles. The molecule has 0 aromatic rings. The predicted molar refractivity (Wildman–Crippen MR) is 100 cm³/mol. The number of methoxy groups -OCH3 is 1. The van der Waals surface area contributed by atoms with Crippen LogP contribution in [0.15, 0.2) is 0 Å². The highest BCUT2D eigenvalue weighted by molar-refractivity contribution is 5.69. The number of amides is 2. The van der Waals surface area contributed by atoms with Gasteiger partial charge < -0.3 is 24.8 Å². The molecule has 1 rings (SSSR count). The van der Waals surface area contributed by atoms with Crippen LogP contribution in [0.4, 0.5) is 9.59 Å². The highest BCUT2D eigenvalue weighted by Crippen LogP contribution is 2.41. The van der Waals surface area contributed by atoms with Gasteiger partial charge in [-0.25, -0.2) is 9.59 Å². The molecule has 0 aromatic carbocycles. The quantitative estimate of drug-likeness (QED) is 0.715. The first-order valence-corrected chi connectivity index (χ1v) is 9.27. The minimum absolute atomic E-state index is 0.0280. The van der Waals surface area contributed by atoms with Gasteiger partial charge in [0.05, 0.1) is 13.2 Å².